The molecule has 9 nitrogen and oxygen atoms in total. The molecule has 0 saturated carbocycles. The largest absolute Gasteiger partial charge is 0.394 e. The first-order valence-corrected chi connectivity index (χ1v) is 28.0. The number of ether oxygens (including phenoxy) is 2. The Kier molecular flexibility index (Phi) is 44.7. The Morgan fingerprint density at radius 1 is 0.522 bits per heavy atom. The van der Waals surface area contributed by atoms with E-state index in [9.17, 15) is 30.3 Å². The molecule has 0 aromatic carbocycles. The first-order chi connectivity index (χ1) is 32.8. The van der Waals surface area contributed by atoms with Crippen LogP contribution in [-0.4, -0.2) is 87.5 Å². The van der Waals surface area contributed by atoms with Crippen molar-refractivity contribution >= 4 is 5.91 Å². The summed E-state index contributed by atoms with van der Waals surface area (Å²) < 4.78 is 11.2. The first kappa shape index (κ1) is 62.9. The van der Waals surface area contributed by atoms with E-state index in [1.54, 1.807) is 6.08 Å². The van der Waals surface area contributed by atoms with Gasteiger partial charge in [0.15, 0.2) is 6.29 Å². The molecule has 0 radical (unpaired) electrons. The van der Waals surface area contributed by atoms with Crippen LogP contribution in [0.2, 0.25) is 0 Å². The quantitative estimate of drug-likeness (QED) is 0.0261. The van der Waals surface area contributed by atoms with E-state index >= 15 is 0 Å². The maximum absolute atomic E-state index is 13.0. The molecule has 7 atom stereocenters. The van der Waals surface area contributed by atoms with Gasteiger partial charge in [0.05, 0.1) is 25.4 Å². The number of aliphatic hydroxyl groups is 5. The molecule has 1 aliphatic heterocycles. The zero-order valence-corrected chi connectivity index (χ0v) is 43.1. The monoisotopic (exact) mass is 944 g/mol. The number of nitrogens with one attached hydrogen (secondary N) is 1. The van der Waals surface area contributed by atoms with Crippen LogP contribution in [0, 0.1) is 0 Å². The van der Waals surface area contributed by atoms with Gasteiger partial charge in [-0.2, -0.15) is 0 Å². The van der Waals surface area contributed by atoms with E-state index in [0.717, 1.165) is 64.2 Å². The summed E-state index contributed by atoms with van der Waals surface area (Å²) in [5, 5.41) is 54.4. The number of carbonyl (C=O) groups is 1. The van der Waals surface area contributed by atoms with Gasteiger partial charge < -0.3 is 40.3 Å². The van der Waals surface area contributed by atoms with Crippen LogP contribution in [0.25, 0.3) is 0 Å². The predicted molar refractivity (Wildman–Crippen MR) is 281 cm³/mol. The van der Waals surface area contributed by atoms with Gasteiger partial charge >= 0.3 is 0 Å². The van der Waals surface area contributed by atoms with Crippen LogP contribution in [0.5, 0.6) is 0 Å². The van der Waals surface area contributed by atoms with Crippen LogP contribution < -0.4 is 5.32 Å². The average Bonchev–Trinajstić information content (AvgIpc) is 3.33. The van der Waals surface area contributed by atoms with Gasteiger partial charge in [-0.3, -0.25) is 4.79 Å². The Morgan fingerprint density at radius 3 is 1.37 bits per heavy atom. The molecular formula is C58H105NO8. The maximum Gasteiger partial charge on any atom is 0.220 e. The Balaban J connectivity index is 2.14. The van der Waals surface area contributed by atoms with E-state index < -0.39 is 49.5 Å². The van der Waals surface area contributed by atoms with Gasteiger partial charge in [-0.15, -0.1) is 0 Å². The number of rotatable bonds is 47. The molecule has 0 aromatic heterocycles. The third-order valence-electron chi connectivity index (χ3n) is 13.1. The van der Waals surface area contributed by atoms with Gasteiger partial charge in [0.2, 0.25) is 5.91 Å². The second-order valence-electron chi connectivity index (χ2n) is 19.4. The molecular weight excluding hydrogens is 839 g/mol. The normalized spacial score (nSPS) is 20.1. The summed E-state index contributed by atoms with van der Waals surface area (Å²) in [4.78, 5) is 13.0. The number of hydrogen-bond acceptors (Lipinski definition) is 8. The smallest absolute Gasteiger partial charge is 0.220 e. The SMILES string of the molecule is CC/C=C\C/C=C\C/C=C\C/C=C\CCCCCCCCCCCCCCCCCCCCC(=O)NC(COC1OC(CO)C(O)C(O)C1O)C(O)/C=C/CCCCCCCCCCCCC. The Bertz CT molecular complexity index is 1230. The zero-order valence-electron chi connectivity index (χ0n) is 43.1. The predicted octanol–water partition coefficient (Wildman–Crippen LogP) is 13.5. The molecule has 67 heavy (non-hydrogen) atoms. The van der Waals surface area contributed by atoms with Crippen LogP contribution in [0.15, 0.2) is 60.8 Å². The number of amides is 1. The Morgan fingerprint density at radius 2 is 0.925 bits per heavy atom. The first-order valence-electron chi connectivity index (χ1n) is 28.0. The van der Waals surface area contributed by atoms with E-state index in [1.807, 2.05) is 6.08 Å². The highest BCUT2D eigenvalue weighted by Crippen LogP contribution is 2.23. The zero-order chi connectivity index (χ0) is 48.7. The lowest BCUT2D eigenvalue weighted by Gasteiger charge is -2.40. The average molecular weight is 944 g/mol. The van der Waals surface area contributed by atoms with Gasteiger partial charge in [0.1, 0.15) is 24.4 Å². The van der Waals surface area contributed by atoms with Crippen molar-refractivity contribution in [3.8, 4) is 0 Å². The highest BCUT2D eigenvalue weighted by atomic mass is 16.7. The molecule has 0 aliphatic carbocycles. The number of hydrogen-bond donors (Lipinski definition) is 6. The van der Waals surface area contributed by atoms with Gasteiger partial charge in [-0.25, -0.2) is 0 Å². The molecule has 0 spiro atoms. The summed E-state index contributed by atoms with van der Waals surface area (Å²) in [6.45, 7) is 3.67. The molecule has 1 heterocycles. The molecule has 9 heteroatoms. The summed E-state index contributed by atoms with van der Waals surface area (Å²) >= 11 is 0. The third kappa shape index (κ3) is 37.4. The molecule has 390 valence electrons. The minimum Gasteiger partial charge on any atom is -0.394 e. The molecule has 1 rings (SSSR count). The van der Waals surface area contributed by atoms with Crippen LogP contribution in [0.1, 0.15) is 245 Å². The lowest BCUT2D eigenvalue weighted by molar-refractivity contribution is -0.302. The van der Waals surface area contributed by atoms with Crippen molar-refractivity contribution in [1.29, 1.82) is 0 Å². The molecule has 1 fully saturated rings. The second kappa shape index (κ2) is 47.6. The van der Waals surface area contributed by atoms with Gasteiger partial charge in [-0.05, 0) is 57.8 Å². The second-order valence-corrected chi connectivity index (χ2v) is 19.4. The van der Waals surface area contributed by atoms with Crippen molar-refractivity contribution in [2.24, 2.45) is 0 Å². The molecule has 0 aromatic rings. The van der Waals surface area contributed by atoms with Crippen LogP contribution >= 0.6 is 0 Å². The van der Waals surface area contributed by atoms with Crippen LogP contribution in [-0.2, 0) is 14.3 Å². The highest BCUT2D eigenvalue weighted by Gasteiger charge is 2.44. The molecule has 6 N–H and O–H groups in total. The Hall–Kier alpha value is -2.11. The van der Waals surface area contributed by atoms with Crippen molar-refractivity contribution < 1.29 is 39.8 Å². The van der Waals surface area contributed by atoms with E-state index in [2.05, 4.69) is 67.8 Å². The molecule has 0 bridgehead atoms. The topological polar surface area (TPSA) is 149 Å². The number of unbranched alkanes of at least 4 members (excludes halogenated alkanes) is 29. The van der Waals surface area contributed by atoms with Gasteiger partial charge in [0, 0.05) is 6.42 Å². The molecule has 1 aliphatic rings. The lowest BCUT2D eigenvalue weighted by atomic mass is 9.99. The van der Waals surface area contributed by atoms with Crippen LogP contribution in [0.3, 0.4) is 0 Å². The maximum atomic E-state index is 13.0. The number of aliphatic hydroxyl groups excluding tert-OH is 5. The summed E-state index contributed by atoms with van der Waals surface area (Å²) in [7, 11) is 0. The minimum atomic E-state index is -1.57. The van der Waals surface area contributed by atoms with Crippen molar-refractivity contribution in [3.05, 3.63) is 60.8 Å². The minimum absolute atomic E-state index is 0.176. The van der Waals surface area contributed by atoms with Crippen molar-refractivity contribution in [1.82, 2.24) is 5.32 Å². The number of allylic oxidation sites excluding steroid dienone is 9. The third-order valence-corrected chi connectivity index (χ3v) is 13.1. The molecule has 7 unspecified atom stereocenters. The summed E-state index contributed by atoms with van der Waals surface area (Å²) in [6.07, 6.45) is 57.2. The van der Waals surface area contributed by atoms with Crippen molar-refractivity contribution in [2.75, 3.05) is 13.2 Å². The summed E-state index contributed by atoms with van der Waals surface area (Å²) in [5.41, 5.74) is 0. The van der Waals surface area contributed by atoms with Crippen molar-refractivity contribution in [3.63, 3.8) is 0 Å². The summed E-state index contributed by atoms with van der Waals surface area (Å²) in [5.74, 6) is -0.176. The van der Waals surface area contributed by atoms with E-state index in [-0.39, 0.29) is 12.5 Å². The molecule has 1 saturated heterocycles. The van der Waals surface area contributed by atoms with Crippen molar-refractivity contribution in [2.45, 2.75) is 288 Å². The molecule has 1 amide bonds. The fraction of sp³-hybridized carbons (Fsp3) is 0.810. The lowest BCUT2D eigenvalue weighted by Crippen LogP contribution is -2.60. The number of carbonyl (C=O) groups excluding carboxylic acids is 1. The van der Waals surface area contributed by atoms with E-state index in [4.69, 9.17) is 9.47 Å². The van der Waals surface area contributed by atoms with E-state index in [1.165, 1.54) is 161 Å². The Labute approximate surface area is 411 Å². The standard InChI is InChI=1S/C58H105NO8/c1-3-5-7-9-11-13-15-17-18-19-20-21-22-23-24-25-26-27-28-29-30-31-32-33-34-36-38-40-42-44-46-48-54(62)59-51(50-66-58-57(65)56(64)55(63)53(49-60)67-58)52(61)47-45-43-41-39-37-35-16-14-12-10-8-6-4-2/h5,7,11,13,17-18,20-21,45,47,51-53,55-58,60-61,63-65H,3-4,6,8-10,12,14-16,19,22-44,46,48-50H2,1-2H3,(H,59,62)/b7-5-,13-11-,18-17-,21-20-,47-45+. The van der Waals surface area contributed by atoms with Gasteiger partial charge in [0.25, 0.3) is 0 Å². The fourth-order valence-corrected chi connectivity index (χ4v) is 8.68. The highest BCUT2D eigenvalue weighted by molar-refractivity contribution is 5.76. The fourth-order valence-electron chi connectivity index (χ4n) is 8.68. The van der Waals surface area contributed by atoms with Crippen LogP contribution in [0.4, 0.5) is 0 Å². The summed E-state index contributed by atoms with van der Waals surface area (Å²) in [6, 6.07) is -0.804. The van der Waals surface area contributed by atoms with Gasteiger partial charge in [-0.1, -0.05) is 242 Å². The van der Waals surface area contributed by atoms with E-state index in [0.29, 0.717) is 6.42 Å².